The van der Waals surface area contributed by atoms with Crippen LogP contribution in [0.3, 0.4) is 0 Å². The summed E-state index contributed by atoms with van der Waals surface area (Å²) in [5, 5.41) is 7.49. The predicted octanol–water partition coefficient (Wildman–Crippen LogP) is 2.62. The fraction of sp³-hybridized carbons (Fsp3) is 0.538. The van der Waals surface area contributed by atoms with E-state index in [0.29, 0.717) is 5.92 Å². The van der Waals surface area contributed by atoms with Gasteiger partial charge in [0.2, 0.25) is 0 Å². The van der Waals surface area contributed by atoms with E-state index in [1.807, 2.05) is 6.92 Å². The smallest absolute Gasteiger partial charge is 0.384 e. The van der Waals surface area contributed by atoms with E-state index in [2.05, 4.69) is 4.98 Å². The number of halogens is 3. The third kappa shape index (κ3) is 2.86. The lowest BCUT2D eigenvalue weighted by Crippen LogP contribution is -2.34. The van der Waals surface area contributed by atoms with Gasteiger partial charge in [-0.3, -0.25) is 5.41 Å². The van der Waals surface area contributed by atoms with E-state index in [1.165, 1.54) is 6.07 Å². The van der Waals surface area contributed by atoms with E-state index < -0.39 is 11.9 Å². The molecule has 1 aliphatic carbocycles. The third-order valence-electron chi connectivity index (χ3n) is 3.70. The van der Waals surface area contributed by atoms with Crippen molar-refractivity contribution in [2.24, 2.45) is 11.7 Å². The Kier molecular flexibility index (Phi) is 3.62. The monoisotopic (exact) mass is 286 g/mol. The molecule has 0 radical (unpaired) electrons. The molecule has 0 amide bonds. The first-order valence-electron chi connectivity index (χ1n) is 6.37. The number of pyridine rings is 1. The molecule has 7 heteroatoms. The molecule has 0 spiro atoms. The Morgan fingerprint density at radius 1 is 1.45 bits per heavy atom. The highest BCUT2D eigenvalue weighted by Gasteiger charge is 2.36. The molecule has 3 N–H and O–H groups in total. The molecule has 1 atom stereocenters. The highest BCUT2D eigenvalue weighted by atomic mass is 19.4. The summed E-state index contributed by atoms with van der Waals surface area (Å²) in [6, 6.07) is 2.14. The largest absolute Gasteiger partial charge is 0.433 e. The van der Waals surface area contributed by atoms with E-state index in [0.717, 1.165) is 18.9 Å². The summed E-state index contributed by atoms with van der Waals surface area (Å²) < 4.78 is 38.3. The lowest BCUT2D eigenvalue weighted by Gasteiger charge is -2.28. The highest BCUT2D eigenvalue weighted by Crippen LogP contribution is 2.37. The summed E-state index contributed by atoms with van der Waals surface area (Å²) in [4.78, 5) is 5.36. The molecule has 0 saturated heterocycles. The SMILES string of the molecule is CC(C1CC1)N(C)c1nc(C(F)(F)F)ccc1C(=N)N. The molecule has 0 bridgehead atoms. The molecule has 1 unspecified atom stereocenters. The summed E-state index contributed by atoms with van der Waals surface area (Å²) in [7, 11) is 1.69. The van der Waals surface area contributed by atoms with Crippen molar-refractivity contribution in [2.45, 2.75) is 32.0 Å². The van der Waals surface area contributed by atoms with E-state index in [-0.39, 0.29) is 23.3 Å². The van der Waals surface area contributed by atoms with Crippen LogP contribution in [0.4, 0.5) is 19.0 Å². The average molecular weight is 286 g/mol. The molecule has 1 saturated carbocycles. The van der Waals surface area contributed by atoms with Crippen molar-refractivity contribution in [1.82, 2.24) is 4.98 Å². The topological polar surface area (TPSA) is 66.0 Å². The van der Waals surface area contributed by atoms with E-state index in [1.54, 1.807) is 11.9 Å². The van der Waals surface area contributed by atoms with Gasteiger partial charge < -0.3 is 10.6 Å². The standard InChI is InChI=1S/C13H17F3N4/c1-7(8-3-4-8)20(2)12-9(11(17)18)5-6-10(19-12)13(14,15)16/h5-8H,3-4H2,1-2H3,(H3,17,18). The zero-order valence-electron chi connectivity index (χ0n) is 11.3. The van der Waals surface area contributed by atoms with Crippen LogP contribution in [0.5, 0.6) is 0 Å². The fourth-order valence-corrected chi connectivity index (χ4v) is 2.17. The second kappa shape index (κ2) is 4.96. The van der Waals surface area contributed by atoms with Crippen LogP contribution in [-0.2, 0) is 6.18 Å². The molecule has 20 heavy (non-hydrogen) atoms. The number of aromatic nitrogens is 1. The summed E-state index contributed by atoms with van der Waals surface area (Å²) in [6.07, 6.45) is -2.37. The van der Waals surface area contributed by atoms with E-state index in [4.69, 9.17) is 11.1 Å². The third-order valence-corrected chi connectivity index (χ3v) is 3.70. The van der Waals surface area contributed by atoms with Crippen molar-refractivity contribution in [2.75, 3.05) is 11.9 Å². The first kappa shape index (κ1) is 14.6. The second-order valence-corrected chi connectivity index (χ2v) is 5.17. The average Bonchev–Trinajstić information content (AvgIpc) is 3.19. The van der Waals surface area contributed by atoms with E-state index in [9.17, 15) is 13.2 Å². The van der Waals surface area contributed by atoms with E-state index >= 15 is 0 Å². The molecule has 1 fully saturated rings. The zero-order chi connectivity index (χ0) is 15.1. The van der Waals surface area contributed by atoms with Crippen molar-refractivity contribution >= 4 is 11.7 Å². The number of hydrogen-bond acceptors (Lipinski definition) is 3. The van der Waals surface area contributed by atoms with Crippen LogP contribution in [0.15, 0.2) is 12.1 Å². The number of nitrogens with zero attached hydrogens (tertiary/aromatic N) is 2. The maximum absolute atomic E-state index is 12.8. The van der Waals surface area contributed by atoms with Gasteiger partial charge in [-0.05, 0) is 37.8 Å². The Hall–Kier alpha value is -1.79. The van der Waals surface area contributed by atoms with Crippen molar-refractivity contribution < 1.29 is 13.2 Å². The number of amidine groups is 1. The van der Waals surface area contributed by atoms with Gasteiger partial charge in [0.05, 0.1) is 5.56 Å². The molecule has 1 aromatic heterocycles. The molecule has 110 valence electrons. The molecular weight excluding hydrogens is 269 g/mol. The van der Waals surface area contributed by atoms with Crippen molar-refractivity contribution in [1.29, 1.82) is 5.41 Å². The summed E-state index contributed by atoms with van der Waals surface area (Å²) >= 11 is 0. The van der Waals surface area contributed by atoms with Gasteiger partial charge in [0, 0.05) is 13.1 Å². The molecule has 1 heterocycles. The van der Waals surface area contributed by atoms with Crippen LogP contribution in [0.2, 0.25) is 0 Å². The lowest BCUT2D eigenvalue weighted by atomic mass is 10.1. The maximum Gasteiger partial charge on any atom is 0.433 e. The van der Waals surface area contributed by atoms with Gasteiger partial charge in [-0.1, -0.05) is 0 Å². The van der Waals surface area contributed by atoms with Crippen LogP contribution < -0.4 is 10.6 Å². The van der Waals surface area contributed by atoms with Crippen molar-refractivity contribution in [3.8, 4) is 0 Å². The molecular formula is C13H17F3N4. The first-order valence-corrected chi connectivity index (χ1v) is 6.37. The number of alkyl halides is 3. The zero-order valence-corrected chi connectivity index (χ0v) is 11.3. The Morgan fingerprint density at radius 2 is 2.05 bits per heavy atom. The Morgan fingerprint density at radius 3 is 2.50 bits per heavy atom. The number of nitrogen functional groups attached to an aromatic ring is 1. The summed E-state index contributed by atoms with van der Waals surface area (Å²) in [5.41, 5.74) is 4.70. The molecule has 1 aromatic rings. The number of hydrogen-bond donors (Lipinski definition) is 2. The minimum absolute atomic E-state index is 0.0732. The second-order valence-electron chi connectivity index (χ2n) is 5.17. The van der Waals surface area contributed by atoms with Gasteiger partial charge in [-0.25, -0.2) is 4.98 Å². The Labute approximate surface area is 115 Å². The van der Waals surface area contributed by atoms with Gasteiger partial charge in [0.15, 0.2) is 0 Å². The van der Waals surface area contributed by atoms with Crippen LogP contribution in [0.25, 0.3) is 0 Å². The van der Waals surface area contributed by atoms with Crippen LogP contribution in [0, 0.1) is 11.3 Å². The van der Waals surface area contributed by atoms with Crippen molar-refractivity contribution in [3.05, 3.63) is 23.4 Å². The predicted molar refractivity (Wildman–Crippen MR) is 70.8 cm³/mol. The van der Waals surface area contributed by atoms with Crippen LogP contribution in [-0.4, -0.2) is 23.9 Å². The summed E-state index contributed by atoms with van der Waals surface area (Å²) in [6.45, 7) is 1.95. The van der Waals surface area contributed by atoms with Gasteiger partial charge >= 0.3 is 6.18 Å². The molecule has 0 aromatic carbocycles. The van der Waals surface area contributed by atoms with Crippen molar-refractivity contribution in [3.63, 3.8) is 0 Å². The Bertz CT molecular complexity index is 523. The minimum Gasteiger partial charge on any atom is -0.384 e. The van der Waals surface area contributed by atoms with Gasteiger partial charge in [0.1, 0.15) is 17.3 Å². The normalized spacial score (nSPS) is 16.9. The molecule has 0 aliphatic heterocycles. The fourth-order valence-electron chi connectivity index (χ4n) is 2.17. The summed E-state index contributed by atoms with van der Waals surface area (Å²) in [5.74, 6) is 0.305. The first-order chi connectivity index (χ1) is 9.21. The molecule has 4 nitrogen and oxygen atoms in total. The number of nitrogens with one attached hydrogen (secondary N) is 1. The quantitative estimate of drug-likeness (QED) is 0.660. The highest BCUT2D eigenvalue weighted by molar-refractivity contribution is 5.99. The lowest BCUT2D eigenvalue weighted by molar-refractivity contribution is -0.141. The molecule has 1 aliphatic rings. The minimum atomic E-state index is -4.51. The van der Waals surface area contributed by atoms with Gasteiger partial charge in [-0.15, -0.1) is 0 Å². The molecule has 2 rings (SSSR count). The maximum atomic E-state index is 12.8. The van der Waals surface area contributed by atoms with Crippen LogP contribution >= 0.6 is 0 Å². The number of rotatable bonds is 4. The van der Waals surface area contributed by atoms with Gasteiger partial charge in [-0.2, -0.15) is 13.2 Å². The van der Waals surface area contributed by atoms with Gasteiger partial charge in [0.25, 0.3) is 0 Å². The number of nitrogens with two attached hydrogens (primary N) is 1. The van der Waals surface area contributed by atoms with Crippen LogP contribution in [0.1, 0.15) is 31.0 Å². The number of anilines is 1. The Balaban J connectivity index is 2.43.